The molecular weight excluding hydrogens is 604 g/mol. The first kappa shape index (κ1) is 26.4. The third kappa shape index (κ3) is 6.56. The molecule has 0 radical (unpaired) electrons. The first-order valence-electron chi connectivity index (χ1n) is 11.4. The number of nitrogens with zero attached hydrogens (tertiary/aromatic N) is 4. The van der Waals surface area contributed by atoms with Crippen LogP contribution in [0, 0.1) is 21.4 Å². The maximum atomic E-state index is 13.1. The summed E-state index contributed by atoms with van der Waals surface area (Å²) >= 11 is 6.97. The van der Waals surface area contributed by atoms with Crippen molar-refractivity contribution in [2.45, 2.75) is 6.61 Å². The van der Waals surface area contributed by atoms with Gasteiger partial charge in [-0.1, -0.05) is 30.3 Å². The number of nitriles is 1. The summed E-state index contributed by atoms with van der Waals surface area (Å²) in [4.78, 5) is 27.5. The van der Waals surface area contributed by atoms with Crippen LogP contribution in [-0.2, 0) is 11.4 Å². The Morgan fingerprint density at radius 1 is 1.03 bits per heavy atom. The molecule has 10 heteroatoms. The lowest BCUT2D eigenvalue weighted by molar-refractivity contribution is -0.384. The molecule has 1 aliphatic heterocycles. The molecular formula is C27H22Br2N4O4. The van der Waals surface area contributed by atoms with E-state index >= 15 is 0 Å². The van der Waals surface area contributed by atoms with Gasteiger partial charge in [-0.15, -0.1) is 0 Å². The van der Waals surface area contributed by atoms with Crippen molar-refractivity contribution in [1.29, 1.82) is 5.26 Å². The van der Waals surface area contributed by atoms with Gasteiger partial charge in [-0.2, -0.15) is 5.26 Å². The summed E-state index contributed by atoms with van der Waals surface area (Å²) in [7, 11) is 0. The molecule has 8 nitrogen and oxygen atoms in total. The van der Waals surface area contributed by atoms with Crippen LogP contribution in [0.4, 0.5) is 11.4 Å². The average molecular weight is 626 g/mol. The van der Waals surface area contributed by atoms with Gasteiger partial charge in [-0.05, 0) is 73.3 Å². The van der Waals surface area contributed by atoms with Gasteiger partial charge in [0.1, 0.15) is 24.0 Å². The van der Waals surface area contributed by atoms with E-state index in [4.69, 9.17) is 4.74 Å². The molecule has 0 aromatic heterocycles. The number of amides is 1. The monoisotopic (exact) mass is 624 g/mol. The Balaban J connectivity index is 1.43. The van der Waals surface area contributed by atoms with Crippen LogP contribution in [0.25, 0.3) is 6.08 Å². The highest BCUT2D eigenvalue weighted by atomic mass is 79.9. The summed E-state index contributed by atoms with van der Waals surface area (Å²) in [5.41, 5.74) is 2.47. The molecule has 0 saturated carbocycles. The van der Waals surface area contributed by atoms with Crippen LogP contribution < -0.4 is 9.64 Å². The number of hydrogen-bond donors (Lipinski definition) is 0. The number of halogens is 2. The molecule has 37 heavy (non-hydrogen) atoms. The van der Waals surface area contributed by atoms with E-state index in [1.54, 1.807) is 35.2 Å². The van der Waals surface area contributed by atoms with Crippen molar-refractivity contribution >= 4 is 55.2 Å². The molecule has 1 saturated heterocycles. The molecule has 0 unspecified atom stereocenters. The lowest BCUT2D eigenvalue weighted by Crippen LogP contribution is -2.49. The summed E-state index contributed by atoms with van der Waals surface area (Å²) in [6.07, 6.45) is 1.56. The second-order valence-corrected chi connectivity index (χ2v) is 10.0. The molecule has 1 fully saturated rings. The Labute approximate surface area is 231 Å². The maximum absolute atomic E-state index is 13.1. The van der Waals surface area contributed by atoms with Crippen LogP contribution in [0.3, 0.4) is 0 Å². The highest BCUT2D eigenvalue weighted by Gasteiger charge is 2.24. The van der Waals surface area contributed by atoms with Gasteiger partial charge < -0.3 is 14.5 Å². The van der Waals surface area contributed by atoms with Crippen LogP contribution in [0.15, 0.2) is 81.2 Å². The summed E-state index contributed by atoms with van der Waals surface area (Å²) in [5, 5.41) is 20.7. The van der Waals surface area contributed by atoms with Gasteiger partial charge in [0.25, 0.3) is 11.6 Å². The Bertz CT molecular complexity index is 1360. The Kier molecular flexibility index (Phi) is 8.58. The van der Waals surface area contributed by atoms with E-state index in [0.29, 0.717) is 52.0 Å². The molecule has 1 amide bonds. The Morgan fingerprint density at radius 3 is 2.32 bits per heavy atom. The van der Waals surface area contributed by atoms with Gasteiger partial charge >= 0.3 is 0 Å². The van der Waals surface area contributed by atoms with Crippen molar-refractivity contribution in [2.24, 2.45) is 0 Å². The van der Waals surface area contributed by atoms with E-state index in [9.17, 15) is 20.2 Å². The molecule has 4 rings (SSSR count). The number of nitro benzene ring substituents is 1. The van der Waals surface area contributed by atoms with E-state index < -0.39 is 4.92 Å². The van der Waals surface area contributed by atoms with E-state index in [0.717, 1.165) is 5.69 Å². The summed E-state index contributed by atoms with van der Waals surface area (Å²) in [5.74, 6) is 0.207. The normalized spacial score (nSPS) is 13.7. The SMILES string of the molecule is N#C/C(=C/c1cc(Br)c(OCc2cccc([N+](=O)[O-])c2)c(Br)c1)C(=O)N1CCN(c2ccccc2)CC1. The maximum Gasteiger partial charge on any atom is 0.269 e. The molecule has 0 aliphatic carbocycles. The molecule has 0 atom stereocenters. The van der Waals surface area contributed by atoms with Crippen molar-refractivity contribution in [1.82, 2.24) is 4.90 Å². The van der Waals surface area contributed by atoms with Crippen LogP contribution >= 0.6 is 31.9 Å². The molecule has 3 aromatic carbocycles. The number of rotatable bonds is 7. The van der Waals surface area contributed by atoms with Gasteiger partial charge in [0.2, 0.25) is 0 Å². The molecule has 0 bridgehead atoms. The van der Waals surface area contributed by atoms with Crippen molar-refractivity contribution in [2.75, 3.05) is 31.1 Å². The fraction of sp³-hybridized carbons (Fsp3) is 0.185. The fourth-order valence-electron chi connectivity index (χ4n) is 4.00. The average Bonchev–Trinajstić information content (AvgIpc) is 2.91. The number of piperazine rings is 1. The quantitative estimate of drug-likeness (QED) is 0.139. The van der Waals surface area contributed by atoms with Gasteiger partial charge in [-0.3, -0.25) is 14.9 Å². The molecule has 1 aliphatic rings. The highest BCUT2D eigenvalue weighted by Crippen LogP contribution is 2.36. The number of ether oxygens (including phenoxy) is 1. The van der Waals surface area contributed by atoms with Gasteiger partial charge in [0.05, 0.1) is 13.9 Å². The minimum Gasteiger partial charge on any atom is -0.487 e. The third-order valence-corrected chi connectivity index (χ3v) is 7.05. The standard InChI is InChI=1S/C27H22Br2N4O4/c28-24-15-20(16-25(29)26(24)37-18-19-5-4-8-23(14-19)33(35)36)13-21(17-30)27(34)32-11-9-31(10-12-32)22-6-2-1-3-7-22/h1-8,13-16H,9-12,18H2/b21-13-. The number of anilines is 1. The number of carbonyl (C=O) groups is 1. The first-order valence-corrected chi connectivity index (χ1v) is 13.0. The van der Waals surface area contributed by atoms with Crippen molar-refractivity contribution < 1.29 is 14.5 Å². The van der Waals surface area contributed by atoms with E-state index in [1.807, 2.05) is 36.4 Å². The predicted molar refractivity (Wildman–Crippen MR) is 148 cm³/mol. The third-order valence-electron chi connectivity index (χ3n) is 5.88. The number of para-hydroxylation sites is 1. The molecule has 0 N–H and O–H groups in total. The first-order chi connectivity index (χ1) is 17.9. The smallest absolute Gasteiger partial charge is 0.269 e. The van der Waals surface area contributed by atoms with E-state index in [2.05, 4.69) is 36.8 Å². The number of benzene rings is 3. The number of nitro groups is 1. The summed E-state index contributed by atoms with van der Waals surface area (Å²) in [6, 6.07) is 21.8. The number of non-ortho nitro benzene ring substituents is 1. The Hall–Kier alpha value is -3.68. The Morgan fingerprint density at radius 2 is 1.70 bits per heavy atom. The number of carbonyl (C=O) groups excluding carboxylic acids is 1. The zero-order chi connectivity index (χ0) is 26.4. The molecule has 1 heterocycles. The molecule has 188 valence electrons. The van der Waals surface area contributed by atoms with Gasteiger partial charge in [0.15, 0.2) is 0 Å². The zero-order valence-electron chi connectivity index (χ0n) is 19.6. The topological polar surface area (TPSA) is 99.7 Å². The fourth-order valence-corrected chi connectivity index (χ4v) is 5.45. The van der Waals surface area contributed by atoms with Crippen LogP contribution in [-0.4, -0.2) is 41.9 Å². The van der Waals surface area contributed by atoms with Crippen molar-refractivity contribution in [3.05, 3.63) is 102 Å². The summed E-state index contributed by atoms with van der Waals surface area (Å²) < 4.78 is 7.10. The minimum atomic E-state index is -0.451. The van der Waals surface area contributed by atoms with E-state index in [-0.39, 0.29) is 23.8 Å². The molecule has 3 aromatic rings. The predicted octanol–water partition coefficient (Wildman–Crippen LogP) is 5.95. The molecule has 0 spiro atoms. The van der Waals surface area contributed by atoms with Crippen LogP contribution in [0.5, 0.6) is 5.75 Å². The lowest BCUT2D eigenvalue weighted by Gasteiger charge is -2.36. The van der Waals surface area contributed by atoms with Gasteiger partial charge in [-0.25, -0.2) is 0 Å². The zero-order valence-corrected chi connectivity index (χ0v) is 22.8. The highest BCUT2D eigenvalue weighted by molar-refractivity contribution is 9.11. The number of hydrogen-bond acceptors (Lipinski definition) is 6. The summed E-state index contributed by atoms with van der Waals surface area (Å²) in [6.45, 7) is 2.59. The lowest BCUT2D eigenvalue weighted by atomic mass is 10.1. The van der Waals surface area contributed by atoms with E-state index in [1.165, 1.54) is 12.1 Å². The van der Waals surface area contributed by atoms with Gasteiger partial charge in [0, 0.05) is 44.0 Å². The van der Waals surface area contributed by atoms with Crippen molar-refractivity contribution in [3.8, 4) is 11.8 Å². The van der Waals surface area contributed by atoms with Crippen LogP contribution in [0.2, 0.25) is 0 Å². The van der Waals surface area contributed by atoms with Crippen LogP contribution in [0.1, 0.15) is 11.1 Å². The van der Waals surface area contributed by atoms with Crippen molar-refractivity contribution in [3.63, 3.8) is 0 Å². The largest absolute Gasteiger partial charge is 0.487 e. The minimum absolute atomic E-state index is 0.00473. The second-order valence-electron chi connectivity index (χ2n) is 8.31. The second kappa shape index (κ2) is 12.0.